The third-order valence-electron chi connectivity index (χ3n) is 4.23. The zero-order valence-corrected chi connectivity index (χ0v) is 12.8. The summed E-state index contributed by atoms with van der Waals surface area (Å²) in [5, 5.41) is 0. The molecule has 116 valence electrons. The number of rotatable bonds is 5. The Morgan fingerprint density at radius 2 is 2.10 bits per heavy atom. The molecule has 0 radical (unpaired) electrons. The molecule has 0 aliphatic carbocycles. The second-order valence-corrected chi connectivity index (χ2v) is 5.84. The molecule has 21 heavy (non-hydrogen) atoms. The Morgan fingerprint density at radius 3 is 2.67 bits per heavy atom. The lowest BCUT2D eigenvalue weighted by molar-refractivity contribution is -0.126. The molecule has 1 saturated heterocycles. The topological polar surface area (TPSA) is 81.6 Å². The molecule has 0 bridgehead atoms. The van der Waals surface area contributed by atoms with Crippen LogP contribution in [-0.2, 0) is 15.1 Å². The Hall–Kier alpha value is -1.43. The quantitative estimate of drug-likeness (QED) is 0.842. The first-order valence-electron chi connectivity index (χ1n) is 7.47. The fourth-order valence-corrected chi connectivity index (χ4v) is 2.85. The maximum atomic E-state index is 12.0. The van der Waals surface area contributed by atoms with Gasteiger partial charge in [-0.2, -0.15) is 0 Å². The average molecular weight is 291 g/mol. The smallest absolute Gasteiger partial charge is 0.243 e. The van der Waals surface area contributed by atoms with E-state index < -0.39 is 11.4 Å². The van der Waals surface area contributed by atoms with Crippen LogP contribution in [0.25, 0.3) is 0 Å². The van der Waals surface area contributed by atoms with Crippen LogP contribution in [0.2, 0.25) is 0 Å². The van der Waals surface area contributed by atoms with Gasteiger partial charge in [-0.15, -0.1) is 0 Å². The Bertz CT molecular complexity index is 480. The van der Waals surface area contributed by atoms with Gasteiger partial charge in [0.05, 0.1) is 12.7 Å². The van der Waals surface area contributed by atoms with Crippen molar-refractivity contribution in [2.75, 3.05) is 19.7 Å². The highest BCUT2D eigenvalue weighted by molar-refractivity contribution is 5.86. The number of amides is 1. The standard InChI is InChI=1S/C16H25N3O2/c1-3-14-10-21-12(2)9-19(14)11-16(18,15(17)20)13-7-5-4-6-8-13/h4-8,12,14H,3,9-11,18H2,1-2H3,(H2,17,20). The first kappa shape index (κ1) is 15.9. The molecule has 1 aliphatic rings. The van der Waals surface area contributed by atoms with Crippen LogP contribution < -0.4 is 11.5 Å². The second kappa shape index (κ2) is 6.56. The summed E-state index contributed by atoms with van der Waals surface area (Å²) >= 11 is 0. The van der Waals surface area contributed by atoms with E-state index in [1.165, 1.54) is 0 Å². The largest absolute Gasteiger partial charge is 0.376 e. The zero-order valence-electron chi connectivity index (χ0n) is 12.8. The molecule has 5 nitrogen and oxygen atoms in total. The average Bonchev–Trinajstić information content (AvgIpc) is 2.48. The van der Waals surface area contributed by atoms with Crippen molar-refractivity contribution in [3.8, 4) is 0 Å². The van der Waals surface area contributed by atoms with Crippen molar-refractivity contribution in [1.29, 1.82) is 0 Å². The molecule has 1 aliphatic heterocycles. The third-order valence-corrected chi connectivity index (χ3v) is 4.23. The minimum Gasteiger partial charge on any atom is -0.376 e. The zero-order chi connectivity index (χ0) is 15.5. The Kier molecular flexibility index (Phi) is 4.98. The van der Waals surface area contributed by atoms with Gasteiger partial charge in [0, 0.05) is 19.1 Å². The maximum Gasteiger partial charge on any atom is 0.243 e. The molecule has 0 aromatic heterocycles. The predicted molar refractivity (Wildman–Crippen MR) is 82.6 cm³/mol. The van der Waals surface area contributed by atoms with Crippen LogP contribution >= 0.6 is 0 Å². The van der Waals surface area contributed by atoms with E-state index in [9.17, 15) is 4.79 Å². The molecule has 0 spiro atoms. The van der Waals surface area contributed by atoms with Gasteiger partial charge in [-0.3, -0.25) is 9.69 Å². The highest BCUT2D eigenvalue weighted by Crippen LogP contribution is 2.23. The number of nitrogens with zero attached hydrogens (tertiary/aromatic N) is 1. The fourth-order valence-electron chi connectivity index (χ4n) is 2.85. The molecule has 1 amide bonds. The van der Waals surface area contributed by atoms with E-state index in [2.05, 4.69) is 11.8 Å². The van der Waals surface area contributed by atoms with Gasteiger partial charge < -0.3 is 16.2 Å². The Balaban J connectivity index is 2.25. The van der Waals surface area contributed by atoms with Crippen LogP contribution in [0.5, 0.6) is 0 Å². The van der Waals surface area contributed by atoms with Gasteiger partial charge in [0.25, 0.3) is 0 Å². The van der Waals surface area contributed by atoms with E-state index in [0.29, 0.717) is 13.2 Å². The highest BCUT2D eigenvalue weighted by atomic mass is 16.5. The van der Waals surface area contributed by atoms with Crippen LogP contribution in [0.1, 0.15) is 25.8 Å². The van der Waals surface area contributed by atoms with Crippen molar-refractivity contribution < 1.29 is 9.53 Å². The first-order valence-corrected chi connectivity index (χ1v) is 7.47. The van der Waals surface area contributed by atoms with Gasteiger partial charge in [0.2, 0.25) is 5.91 Å². The second-order valence-electron chi connectivity index (χ2n) is 5.84. The molecular formula is C16H25N3O2. The van der Waals surface area contributed by atoms with E-state index in [-0.39, 0.29) is 12.1 Å². The number of ether oxygens (including phenoxy) is 1. The van der Waals surface area contributed by atoms with Crippen LogP contribution in [0, 0.1) is 0 Å². The lowest BCUT2D eigenvalue weighted by atomic mass is 9.88. The lowest BCUT2D eigenvalue weighted by Crippen LogP contribution is -2.60. The minimum absolute atomic E-state index is 0.140. The molecular weight excluding hydrogens is 266 g/mol. The van der Waals surface area contributed by atoms with Crippen molar-refractivity contribution in [3.05, 3.63) is 35.9 Å². The van der Waals surface area contributed by atoms with Crippen LogP contribution in [-0.4, -0.2) is 42.6 Å². The van der Waals surface area contributed by atoms with Gasteiger partial charge >= 0.3 is 0 Å². The molecule has 5 heteroatoms. The molecule has 1 aromatic rings. The number of benzene rings is 1. The van der Waals surface area contributed by atoms with Gasteiger partial charge in [0.1, 0.15) is 5.54 Å². The summed E-state index contributed by atoms with van der Waals surface area (Å²) in [6.45, 7) is 5.99. The van der Waals surface area contributed by atoms with Crippen LogP contribution in [0.4, 0.5) is 0 Å². The van der Waals surface area contributed by atoms with E-state index in [4.69, 9.17) is 16.2 Å². The summed E-state index contributed by atoms with van der Waals surface area (Å²) < 4.78 is 5.69. The molecule has 1 fully saturated rings. The highest BCUT2D eigenvalue weighted by Gasteiger charge is 2.39. The summed E-state index contributed by atoms with van der Waals surface area (Å²) in [4.78, 5) is 14.2. The molecule has 1 aromatic carbocycles. The van der Waals surface area contributed by atoms with Crippen LogP contribution in [0.15, 0.2) is 30.3 Å². The molecule has 0 saturated carbocycles. The summed E-state index contributed by atoms with van der Waals surface area (Å²) in [7, 11) is 0. The third kappa shape index (κ3) is 3.43. The van der Waals surface area contributed by atoms with Gasteiger partial charge in [-0.25, -0.2) is 0 Å². The van der Waals surface area contributed by atoms with Crippen molar-refractivity contribution in [1.82, 2.24) is 4.90 Å². The fraction of sp³-hybridized carbons (Fsp3) is 0.562. The van der Waals surface area contributed by atoms with Gasteiger partial charge in [-0.05, 0) is 18.9 Å². The summed E-state index contributed by atoms with van der Waals surface area (Å²) in [6.07, 6.45) is 1.09. The molecule has 3 unspecified atom stereocenters. The van der Waals surface area contributed by atoms with Crippen molar-refractivity contribution in [2.24, 2.45) is 11.5 Å². The Labute approximate surface area is 126 Å². The first-order chi connectivity index (χ1) is 9.97. The van der Waals surface area contributed by atoms with Crippen molar-refractivity contribution >= 4 is 5.91 Å². The van der Waals surface area contributed by atoms with E-state index >= 15 is 0 Å². The van der Waals surface area contributed by atoms with E-state index in [1.807, 2.05) is 37.3 Å². The van der Waals surface area contributed by atoms with Gasteiger partial charge in [-0.1, -0.05) is 37.3 Å². The summed E-state index contributed by atoms with van der Waals surface area (Å²) in [5.41, 5.74) is 11.6. The number of nitrogens with two attached hydrogens (primary N) is 2. The predicted octanol–water partition coefficient (Wildman–Crippen LogP) is 0.825. The monoisotopic (exact) mass is 291 g/mol. The lowest BCUT2D eigenvalue weighted by Gasteiger charge is -2.42. The summed E-state index contributed by atoms with van der Waals surface area (Å²) in [5.74, 6) is -0.498. The maximum absolute atomic E-state index is 12.0. The Morgan fingerprint density at radius 1 is 1.43 bits per heavy atom. The normalized spacial score (nSPS) is 26.2. The minimum atomic E-state index is -1.17. The number of carbonyl (C=O) groups is 1. The molecule has 3 atom stereocenters. The number of morpholine rings is 1. The van der Waals surface area contributed by atoms with Crippen molar-refractivity contribution in [2.45, 2.75) is 38.0 Å². The summed E-state index contributed by atoms with van der Waals surface area (Å²) in [6, 6.07) is 9.63. The number of carbonyl (C=O) groups excluding carboxylic acids is 1. The molecule has 1 heterocycles. The number of primary amides is 1. The molecule has 4 N–H and O–H groups in total. The van der Waals surface area contributed by atoms with Crippen molar-refractivity contribution in [3.63, 3.8) is 0 Å². The molecule has 2 rings (SSSR count). The van der Waals surface area contributed by atoms with E-state index in [0.717, 1.165) is 18.5 Å². The number of hydrogen-bond acceptors (Lipinski definition) is 4. The van der Waals surface area contributed by atoms with E-state index in [1.54, 1.807) is 0 Å². The number of hydrogen-bond donors (Lipinski definition) is 2. The van der Waals surface area contributed by atoms with Gasteiger partial charge in [0.15, 0.2) is 0 Å². The SMILES string of the molecule is CCC1COC(C)CN1CC(N)(C(N)=O)c1ccccc1. The van der Waals surface area contributed by atoms with Crippen LogP contribution in [0.3, 0.4) is 0 Å².